The number of aromatic hydroxyl groups is 2. The molecule has 1 unspecified atom stereocenters. The molecule has 3 aliphatic carbocycles. The van der Waals surface area contributed by atoms with E-state index in [1.165, 1.54) is 27.0 Å². The first-order chi connectivity index (χ1) is 24.5. The number of ether oxygens (including phenoxy) is 4. The second-order valence-electron chi connectivity index (χ2n) is 13.6. The summed E-state index contributed by atoms with van der Waals surface area (Å²) >= 11 is 0. The molecule has 1 fully saturated rings. The van der Waals surface area contributed by atoms with Crippen molar-refractivity contribution in [3.63, 3.8) is 0 Å². The van der Waals surface area contributed by atoms with Crippen molar-refractivity contribution in [1.82, 2.24) is 5.32 Å². The molecule has 1 aliphatic heterocycles. The molecular weight excluding hydrogens is 686 g/mol. The number of ketones is 3. The average molecular weight is 728 g/mol. The Bertz CT molecular complexity index is 1940. The van der Waals surface area contributed by atoms with Gasteiger partial charge in [0.1, 0.15) is 35.0 Å². The Morgan fingerprint density at radius 2 is 1.71 bits per heavy atom. The Kier molecular flexibility index (Phi) is 9.16. The summed E-state index contributed by atoms with van der Waals surface area (Å²) in [5.41, 5.74) is -11.8. The lowest BCUT2D eigenvalue weighted by Crippen LogP contribution is -2.73. The van der Waals surface area contributed by atoms with Crippen molar-refractivity contribution < 1.29 is 73.9 Å². The number of carbonyl (C=O) groups is 4. The summed E-state index contributed by atoms with van der Waals surface area (Å²) in [4.78, 5) is 55.9. The summed E-state index contributed by atoms with van der Waals surface area (Å²) in [6.07, 6.45) is -5.59. The number of methoxy groups -OCH3 is 3. The van der Waals surface area contributed by atoms with E-state index >= 15 is 0 Å². The van der Waals surface area contributed by atoms with Crippen LogP contribution in [0.2, 0.25) is 0 Å². The van der Waals surface area contributed by atoms with Crippen molar-refractivity contribution in [2.75, 3.05) is 27.9 Å². The van der Waals surface area contributed by atoms with Crippen molar-refractivity contribution >= 4 is 23.3 Å². The predicted octanol–water partition coefficient (Wildman–Crippen LogP) is -0.242. The fraction of sp³-hybridized carbons (Fsp3) is 0.500. The Morgan fingerprint density at radius 3 is 2.29 bits per heavy atom. The highest BCUT2D eigenvalue weighted by atomic mass is 16.6. The molecule has 8 N–H and O–H groups in total. The van der Waals surface area contributed by atoms with Crippen LogP contribution in [0.4, 0.5) is 0 Å². The van der Waals surface area contributed by atoms with Crippen LogP contribution in [0.15, 0.2) is 23.9 Å². The van der Waals surface area contributed by atoms with Gasteiger partial charge >= 0.3 is 5.97 Å². The van der Waals surface area contributed by atoms with Gasteiger partial charge in [-0.05, 0) is 37.5 Å². The van der Waals surface area contributed by atoms with Crippen molar-refractivity contribution in [3.8, 4) is 11.5 Å². The molecule has 0 aromatic heterocycles. The van der Waals surface area contributed by atoms with E-state index in [0.717, 1.165) is 26.4 Å². The van der Waals surface area contributed by atoms with Gasteiger partial charge in [-0.15, -0.1) is 0 Å². The number of rotatable bonds is 7. The average Bonchev–Trinajstić information content (AvgIpc) is 3.09. The molecule has 16 heteroatoms. The predicted molar refractivity (Wildman–Crippen MR) is 176 cm³/mol. The van der Waals surface area contributed by atoms with Gasteiger partial charge in [-0.25, -0.2) is 4.79 Å². The second kappa shape index (κ2) is 12.7. The van der Waals surface area contributed by atoms with Gasteiger partial charge in [-0.1, -0.05) is 13.0 Å². The van der Waals surface area contributed by atoms with Crippen molar-refractivity contribution in [3.05, 3.63) is 68.4 Å². The molecule has 4 aliphatic rings. The number of nitrogens with one attached hydrogen (secondary N) is 1. The molecule has 0 amide bonds. The fourth-order valence-electron chi connectivity index (χ4n) is 8.53. The third-order valence-electron chi connectivity index (χ3n) is 11.2. The lowest BCUT2D eigenvalue weighted by Gasteiger charge is -2.53. The van der Waals surface area contributed by atoms with Gasteiger partial charge in [0, 0.05) is 43.4 Å². The number of aliphatic hydroxyl groups is 5. The monoisotopic (exact) mass is 727 g/mol. The number of esters is 1. The number of hydrogen-bond donors (Lipinski definition) is 8. The highest BCUT2D eigenvalue weighted by Crippen LogP contribution is 2.57. The van der Waals surface area contributed by atoms with Crippen molar-refractivity contribution in [2.24, 2.45) is 5.92 Å². The number of benzene rings is 2. The van der Waals surface area contributed by atoms with Crippen LogP contribution in [-0.4, -0.2) is 123 Å². The molecule has 0 spiro atoms. The summed E-state index contributed by atoms with van der Waals surface area (Å²) in [7, 11) is 3.34. The smallest absolute Gasteiger partial charge is 0.341 e. The standard InChI is InChI=1S/C36H41NO15/c1-7-34(47)18-10-16-23(27(42)24(18)19(39)11-20(34)37-32-17(12-38)26(41)29(49-4)14(3)52-32)31(45)36(51-6)21(40)9-15-8-13(2)22(33(46)50-5)28(43)25(15)35(36,48)30(16)44/h8,10-11,14,17,21,26,29,32,37-38,40-43,47-48H,7,9,12H2,1-6H3/t14-,17+,21+,26-,29-,32-,34?,35-,36+/m0/s1. The van der Waals surface area contributed by atoms with Crippen LogP contribution in [0.1, 0.15) is 84.0 Å². The minimum Gasteiger partial charge on any atom is -0.507 e. The van der Waals surface area contributed by atoms with Gasteiger partial charge in [0.05, 0.1) is 54.8 Å². The molecule has 1 saturated heterocycles. The SMILES string of the molecule is CCC1(O)C(N[C@H]2O[C@@H](C)[C@H](OC)[C@@H](O)[C@H]2CO)=CC(=O)c2c1cc1c(c2O)C(=O)[C@]2(OC)[C@H](O)Cc3cc(C)c(C(=O)OC)c(O)c3[C@]2(O)C1=O. The lowest BCUT2D eigenvalue weighted by atomic mass is 9.56. The summed E-state index contributed by atoms with van der Waals surface area (Å²) < 4.78 is 21.6. The van der Waals surface area contributed by atoms with E-state index in [4.69, 9.17) is 18.9 Å². The van der Waals surface area contributed by atoms with Crippen LogP contribution in [-0.2, 0) is 36.6 Å². The van der Waals surface area contributed by atoms with Crippen LogP contribution < -0.4 is 5.32 Å². The highest BCUT2D eigenvalue weighted by molar-refractivity contribution is 6.26. The Labute approximate surface area is 297 Å². The molecule has 280 valence electrons. The van der Waals surface area contributed by atoms with Crippen LogP contribution in [0.5, 0.6) is 11.5 Å². The van der Waals surface area contributed by atoms with Gasteiger partial charge in [0.2, 0.25) is 11.6 Å². The number of allylic oxidation sites excluding steroid dienone is 1. The maximum atomic E-state index is 14.8. The van der Waals surface area contributed by atoms with Crippen LogP contribution in [0.25, 0.3) is 0 Å². The van der Waals surface area contributed by atoms with E-state index in [2.05, 4.69) is 5.32 Å². The third-order valence-corrected chi connectivity index (χ3v) is 11.2. The summed E-state index contributed by atoms with van der Waals surface area (Å²) in [5.74, 6) is -7.58. The van der Waals surface area contributed by atoms with Gasteiger partial charge in [0.25, 0.3) is 0 Å². The minimum atomic E-state index is -3.23. The van der Waals surface area contributed by atoms with Gasteiger partial charge in [-0.3, -0.25) is 14.4 Å². The van der Waals surface area contributed by atoms with Gasteiger partial charge < -0.3 is 60.0 Å². The first kappa shape index (κ1) is 37.5. The molecule has 0 radical (unpaired) electrons. The number of hydrogen-bond acceptors (Lipinski definition) is 16. The number of aryl methyl sites for hydroxylation is 1. The third kappa shape index (κ3) is 4.62. The molecule has 16 nitrogen and oxygen atoms in total. The van der Waals surface area contributed by atoms with Crippen molar-refractivity contribution in [2.45, 2.75) is 81.1 Å². The Morgan fingerprint density at radius 1 is 1.04 bits per heavy atom. The molecule has 2 aromatic carbocycles. The lowest BCUT2D eigenvalue weighted by molar-refractivity contribution is -0.216. The molecule has 52 heavy (non-hydrogen) atoms. The zero-order valence-corrected chi connectivity index (χ0v) is 29.2. The summed E-state index contributed by atoms with van der Waals surface area (Å²) in [6, 6.07) is 2.31. The molecule has 6 rings (SSSR count). The van der Waals surface area contributed by atoms with Crippen LogP contribution in [0, 0.1) is 12.8 Å². The van der Waals surface area contributed by atoms with Gasteiger partial charge in [-0.2, -0.15) is 0 Å². The second-order valence-corrected chi connectivity index (χ2v) is 13.6. The van der Waals surface area contributed by atoms with Crippen LogP contribution in [0.3, 0.4) is 0 Å². The van der Waals surface area contributed by atoms with Gasteiger partial charge in [0.15, 0.2) is 17.0 Å². The number of phenolic OH excluding ortho intramolecular Hbond substituents is 2. The normalized spacial score (nSPS) is 33.8. The number of phenols is 2. The maximum Gasteiger partial charge on any atom is 0.341 e. The summed E-state index contributed by atoms with van der Waals surface area (Å²) in [6.45, 7) is 4.01. The zero-order chi connectivity index (χ0) is 38.4. The quantitative estimate of drug-likeness (QED) is 0.171. The molecule has 0 saturated carbocycles. The first-order valence-corrected chi connectivity index (χ1v) is 16.6. The Balaban J connectivity index is 1.56. The topological polar surface area (TPSA) is 259 Å². The number of carbonyl (C=O) groups excluding carboxylic acids is 4. The number of aliphatic hydroxyl groups excluding tert-OH is 3. The Hall–Kier alpha value is -4.26. The van der Waals surface area contributed by atoms with E-state index < -0.39 is 129 Å². The molecule has 0 bridgehead atoms. The zero-order valence-electron chi connectivity index (χ0n) is 29.2. The number of fused-ring (bicyclic) bond motifs is 5. The molecule has 9 atom stereocenters. The first-order valence-electron chi connectivity index (χ1n) is 16.6. The minimum absolute atomic E-state index is 0.00446. The van der Waals surface area contributed by atoms with Crippen molar-refractivity contribution in [1.29, 1.82) is 0 Å². The van der Waals surface area contributed by atoms with E-state index in [9.17, 15) is 54.9 Å². The van der Waals surface area contributed by atoms with E-state index in [1.807, 2.05) is 0 Å². The number of Topliss-reactive ketones (excluding diaryl/α,β-unsaturated/α-hetero) is 2. The molecular formula is C36H41NO15. The van der Waals surface area contributed by atoms with Crippen LogP contribution >= 0.6 is 0 Å². The molecule has 2 aromatic rings. The largest absolute Gasteiger partial charge is 0.507 e. The fourth-order valence-corrected chi connectivity index (χ4v) is 8.53. The summed E-state index contributed by atoms with van der Waals surface area (Å²) in [5, 5.41) is 83.5. The maximum absolute atomic E-state index is 14.8. The van der Waals surface area contributed by atoms with E-state index in [1.54, 1.807) is 6.92 Å². The van der Waals surface area contributed by atoms with E-state index in [0.29, 0.717) is 0 Å². The molecule has 1 heterocycles. The highest BCUT2D eigenvalue weighted by Gasteiger charge is 2.73. The van der Waals surface area contributed by atoms with E-state index in [-0.39, 0.29) is 28.8 Å².